The standard InChI is InChI=1S/C10H13NO6S/c1-17-4-5-18(15,16)11-7-2-3-9(12)8(6-7)10(13)14/h2-3,6,11-12H,4-5H2,1H3,(H,13,14). The number of aromatic carboxylic acids is 1. The van der Waals surface area contributed by atoms with Gasteiger partial charge in [0.05, 0.1) is 12.4 Å². The van der Waals surface area contributed by atoms with E-state index in [1.54, 1.807) is 0 Å². The quantitative estimate of drug-likeness (QED) is 0.651. The lowest BCUT2D eigenvalue weighted by atomic mass is 10.2. The van der Waals surface area contributed by atoms with Crippen LogP contribution >= 0.6 is 0 Å². The number of nitrogens with one attached hydrogen (secondary N) is 1. The van der Waals surface area contributed by atoms with Crippen molar-refractivity contribution in [1.29, 1.82) is 0 Å². The van der Waals surface area contributed by atoms with Crippen LogP contribution in [-0.2, 0) is 14.8 Å². The number of aromatic hydroxyl groups is 1. The molecule has 1 aromatic rings. The van der Waals surface area contributed by atoms with Gasteiger partial charge in [0.1, 0.15) is 11.3 Å². The van der Waals surface area contributed by atoms with Crippen LogP contribution < -0.4 is 4.72 Å². The summed E-state index contributed by atoms with van der Waals surface area (Å²) < 4.78 is 29.9. The van der Waals surface area contributed by atoms with E-state index >= 15 is 0 Å². The van der Waals surface area contributed by atoms with Gasteiger partial charge in [-0.15, -0.1) is 0 Å². The zero-order valence-electron chi connectivity index (χ0n) is 9.58. The molecular formula is C10H13NO6S. The van der Waals surface area contributed by atoms with Gasteiger partial charge in [-0.3, -0.25) is 4.72 Å². The molecule has 0 amide bonds. The summed E-state index contributed by atoms with van der Waals surface area (Å²) in [6, 6.07) is 3.42. The second-order valence-corrected chi connectivity index (χ2v) is 5.29. The van der Waals surface area contributed by atoms with Gasteiger partial charge in [-0.05, 0) is 18.2 Å². The molecule has 0 unspecified atom stereocenters. The van der Waals surface area contributed by atoms with Crippen molar-refractivity contribution < 1.29 is 28.2 Å². The van der Waals surface area contributed by atoms with Crippen molar-refractivity contribution in [2.75, 3.05) is 24.2 Å². The highest BCUT2D eigenvalue weighted by atomic mass is 32.2. The van der Waals surface area contributed by atoms with Crippen LogP contribution in [0.15, 0.2) is 18.2 Å². The van der Waals surface area contributed by atoms with Crippen LogP contribution in [0, 0.1) is 0 Å². The summed E-state index contributed by atoms with van der Waals surface area (Å²) in [5, 5.41) is 18.0. The van der Waals surface area contributed by atoms with Gasteiger partial charge < -0.3 is 14.9 Å². The van der Waals surface area contributed by atoms with Crippen molar-refractivity contribution in [1.82, 2.24) is 0 Å². The maximum atomic E-state index is 11.5. The molecule has 3 N–H and O–H groups in total. The number of anilines is 1. The Labute approximate surface area is 104 Å². The number of benzene rings is 1. The number of phenols is 1. The van der Waals surface area contributed by atoms with Crippen LogP contribution in [0.2, 0.25) is 0 Å². The first-order valence-electron chi connectivity index (χ1n) is 4.91. The Kier molecular flexibility index (Phi) is 4.51. The predicted molar refractivity (Wildman–Crippen MR) is 64.4 cm³/mol. The van der Waals surface area contributed by atoms with Crippen molar-refractivity contribution in [3.05, 3.63) is 23.8 Å². The van der Waals surface area contributed by atoms with E-state index in [0.29, 0.717) is 0 Å². The summed E-state index contributed by atoms with van der Waals surface area (Å²) in [5.41, 5.74) is -0.303. The Hall–Kier alpha value is -1.80. The smallest absolute Gasteiger partial charge is 0.339 e. The number of sulfonamides is 1. The lowest BCUT2D eigenvalue weighted by Gasteiger charge is -2.08. The third kappa shape index (κ3) is 3.90. The molecule has 0 fully saturated rings. The fourth-order valence-corrected chi connectivity index (χ4v) is 2.17. The van der Waals surface area contributed by atoms with Gasteiger partial charge in [0.2, 0.25) is 10.0 Å². The first-order chi connectivity index (χ1) is 8.35. The molecule has 0 aliphatic heterocycles. The van der Waals surface area contributed by atoms with Crippen LogP contribution in [0.1, 0.15) is 10.4 Å². The fourth-order valence-electron chi connectivity index (χ4n) is 1.19. The summed E-state index contributed by atoms with van der Waals surface area (Å²) in [6.07, 6.45) is 0. The van der Waals surface area contributed by atoms with E-state index in [2.05, 4.69) is 9.46 Å². The molecule has 0 saturated heterocycles. The average molecular weight is 275 g/mol. The Bertz CT molecular complexity index is 539. The lowest BCUT2D eigenvalue weighted by Crippen LogP contribution is -2.19. The number of carboxylic acids is 1. The van der Waals surface area contributed by atoms with Gasteiger partial charge in [-0.25, -0.2) is 13.2 Å². The summed E-state index contributed by atoms with van der Waals surface area (Å²) in [7, 11) is -2.23. The number of hydrogen-bond donors (Lipinski definition) is 3. The Morgan fingerprint density at radius 2 is 2.11 bits per heavy atom. The third-order valence-electron chi connectivity index (χ3n) is 2.06. The Balaban J connectivity index is 2.92. The largest absolute Gasteiger partial charge is 0.507 e. The van der Waals surface area contributed by atoms with Gasteiger partial charge in [0.15, 0.2) is 0 Å². The van der Waals surface area contributed by atoms with Crippen LogP contribution in [0.25, 0.3) is 0 Å². The first-order valence-corrected chi connectivity index (χ1v) is 6.56. The highest BCUT2D eigenvalue weighted by Gasteiger charge is 2.14. The molecule has 100 valence electrons. The van der Waals surface area contributed by atoms with Gasteiger partial charge in [-0.1, -0.05) is 0 Å². The average Bonchev–Trinajstić information content (AvgIpc) is 2.28. The van der Waals surface area contributed by atoms with Crippen molar-refractivity contribution in [3.8, 4) is 5.75 Å². The third-order valence-corrected chi connectivity index (χ3v) is 3.31. The van der Waals surface area contributed by atoms with Crippen LogP contribution in [0.4, 0.5) is 5.69 Å². The summed E-state index contributed by atoms with van der Waals surface area (Å²) in [4.78, 5) is 10.8. The molecule has 8 heteroatoms. The molecular weight excluding hydrogens is 262 g/mol. The van der Waals surface area contributed by atoms with E-state index in [1.807, 2.05) is 0 Å². The fraction of sp³-hybridized carbons (Fsp3) is 0.300. The number of rotatable bonds is 6. The number of hydrogen-bond acceptors (Lipinski definition) is 5. The second-order valence-electron chi connectivity index (χ2n) is 3.45. The minimum absolute atomic E-state index is 0.0270. The minimum atomic E-state index is -3.60. The van der Waals surface area contributed by atoms with Gasteiger partial charge >= 0.3 is 5.97 Å². The molecule has 1 rings (SSSR count). The molecule has 0 atom stereocenters. The van der Waals surface area contributed by atoms with Crippen molar-refractivity contribution >= 4 is 21.7 Å². The molecule has 7 nitrogen and oxygen atoms in total. The monoisotopic (exact) mass is 275 g/mol. The highest BCUT2D eigenvalue weighted by molar-refractivity contribution is 7.92. The lowest BCUT2D eigenvalue weighted by molar-refractivity contribution is 0.0693. The number of carbonyl (C=O) groups is 1. The molecule has 0 radical (unpaired) electrons. The number of methoxy groups -OCH3 is 1. The molecule has 1 aromatic carbocycles. The van der Waals surface area contributed by atoms with E-state index in [0.717, 1.165) is 12.1 Å². The zero-order valence-corrected chi connectivity index (χ0v) is 10.4. The first kappa shape index (κ1) is 14.3. The molecule has 0 spiro atoms. The van der Waals surface area contributed by atoms with E-state index in [1.165, 1.54) is 13.2 Å². The van der Waals surface area contributed by atoms with Crippen molar-refractivity contribution in [3.63, 3.8) is 0 Å². The van der Waals surface area contributed by atoms with E-state index in [-0.39, 0.29) is 23.6 Å². The van der Waals surface area contributed by atoms with Crippen molar-refractivity contribution in [2.45, 2.75) is 0 Å². The number of ether oxygens (including phenoxy) is 1. The molecule has 0 saturated carbocycles. The maximum absolute atomic E-state index is 11.5. The van der Waals surface area contributed by atoms with Gasteiger partial charge in [0.25, 0.3) is 0 Å². The Morgan fingerprint density at radius 3 is 2.67 bits per heavy atom. The van der Waals surface area contributed by atoms with Gasteiger partial charge in [-0.2, -0.15) is 0 Å². The minimum Gasteiger partial charge on any atom is -0.507 e. The Morgan fingerprint density at radius 1 is 1.44 bits per heavy atom. The molecule has 0 aliphatic carbocycles. The van der Waals surface area contributed by atoms with E-state index < -0.39 is 21.7 Å². The van der Waals surface area contributed by atoms with Crippen LogP contribution in [0.3, 0.4) is 0 Å². The predicted octanol–water partition coefficient (Wildman–Crippen LogP) is 0.478. The van der Waals surface area contributed by atoms with Crippen LogP contribution in [-0.4, -0.2) is 44.1 Å². The van der Waals surface area contributed by atoms with Crippen molar-refractivity contribution in [2.24, 2.45) is 0 Å². The summed E-state index contributed by atoms with van der Waals surface area (Å²) >= 11 is 0. The molecule has 0 aliphatic rings. The normalized spacial score (nSPS) is 11.2. The molecule has 0 bridgehead atoms. The maximum Gasteiger partial charge on any atom is 0.339 e. The second kappa shape index (κ2) is 5.69. The molecule has 0 aromatic heterocycles. The topological polar surface area (TPSA) is 113 Å². The highest BCUT2D eigenvalue weighted by Crippen LogP contribution is 2.22. The summed E-state index contributed by atoms with van der Waals surface area (Å²) in [5.74, 6) is -2.01. The van der Waals surface area contributed by atoms with Gasteiger partial charge in [0, 0.05) is 12.8 Å². The van der Waals surface area contributed by atoms with E-state index in [4.69, 9.17) is 5.11 Å². The SMILES string of the molecule is COCCS(=O)(=O)Nc1ccc(O)c(C(=O)O)c1. The molecule has 18 heavy (non-hydrogen) atoms. The zero-order chi connectivity index (χ0) is 13.8. The van der Waals surface area contributed by atoms with Crippen LogP contribution in [0.5, 0.6) is 5.75 Å². The molecule has 0 heterocycles. The summed E-state index contributed by atoms with van der Waals surface area (Å²) in [6.45, 7) is 0.0270. The number of carboxylic acid groups (broad SMARTS) is 1. The van der Waals surface area contributed by atoms with E-state index in [9.17, 15) is 18.3 Å².